The summed E-state index contributed by atoms with van der Waals surface area (Å²) in [4.78, 5) is 24.1. The number of amides is 2. The SMILES string of the molecule is CCNC(=O)c1cccc(NC(=O)C(C)Oc2ccc(C#N)cc2)c1. The lowest BCUT2D eigenvalue weighted by atomic mass is 10.2. The van der Waals surface area contributed by atoms with Crippen molar-refractivity contribution in [2.75, 3.05) is 11.9 Å². The molecule has 2 amide bonds. The van der Waals surface area contributed by atoms with Crippen LogP contribution in [-0.4, -0.2) is 24.5 Å². The first kappa shape index (κ1) is 18.0. The molecular weight excluding hydrogens is 318 g/mol. The van der Waals surface area contributed by atoms with Gasteiger partial charge in [0.1, 0.15) is 5.75 Å². The lowest BCUT2D eigenvalue weighted by Gasteiger charge is -2.15. The second-order valence-electron chi connectivity index (χ2n) is 5.33. The molecule has 0 aromatic heterocycles. The van der Waals surface area contributed by atoms with Gasteiger partial charge >= 0.3 is 0 Å². The third-order valence-corrected chi connectivity index (χ3v) is 3.40. The highest BCUT2D eigenvalue weighted by Gasteiger charge is 2.15. The van der Waals surface area contributed by atoms with E-state index in [4.69, 9.17) is 10.00 Å². The summed E-state index contributed by atoms with van der Waals surface area (Å²) < 4.78 is 5.56. The maximum absolute atomic E-state index is 12.3. The summed E-state index contributed by atoms with van der Waals surface area (Å²) >= 11 is 0. The third kappa shape index (κ3) is 5.08. The van der Waals surface area contributed by atoms with E-state index in [0.29, 0.717) is 29.1 Å². The van der Waals surface area contributed by atoms with Crippen molar-refractivity contribution in [3.05, 3.63) is 59.7 Å². The molecule has 1 unspecified atom stereocenters. The Kier molecular flexibility index (Phi) is 6.13. The Morgan fingerprint density at radius 2 is 1.92 bits per heavy atom. The molecule has 25 heavy (non-hydrogen) atoms. The van der Waals surface area contributed by atoms with Crippen molar-refractivity contribution in [3.63, 3.8) is 0 Å². The standard InChI is InChI=1S/C19H19N3O3/c1-3-21-19(24)15-5-4-6-16(11-15)22-18(23)13(2)25-17-9-7-14(12-20)8-10-17/h4-11,13H,3H2,1-2H3,(H,21,24)(H,22,23). The summed E-state index contributed by atoms with van der Waals surface area (Å²) in [5, 5.41) is 14.2. The van der Waals surface area contributed by atoms with Gasteiger partial charge in [-0.05, 0) is 56.3 Å². The highest BCUT2D eigenvalue weighted by molar-refractivity contribution is 5.98. The fourth-order valence-corrected chi connectivity index (χ4v) is 2.11. The van der Waals surface area contributed by atoms with Gasteiger partial charge in [-0.15, -0.1) is 0 Å². The van der Waals surface area contributed by atoms with Gasteiger partial charge in [0.05, 0.1) is 11.6 Å². The monoisotopic (exact) mass is 337 g/mol. The Morgan fingerprint density at radius 1 is 1.20 bits per heavy atom. The van der Waals surface area contributed by atoms with E-state index in [1.165, 1.54) is 0 Å². The number of carbonyl (C=O) groups is 2. The van der Waals surface area contributed by atoms with Crippen molar-refractivity contribution in [2.45, 2.75) is 20.0 Å². The van der Waals surface area contributed by atoms with Crippen LogP contribution in [-0.2, 0) is 4.79 Å². The minimum absolute atomic E-state index is 0.194. The van der Waals surface area contributed by atoms with Crippen molar-refractivity contribution in [1.29, 1.82) is 5.26 Å². The molecule has 0 aliphatic heterocycles. The first-order chi connectivity index (χ1) is 12.0. The molecule has 0 saturated carbocycles. The van der Waals surface area contributed by atoms with E-state index in [9.17, 15) is 9.59 Å². The van der Waals surface area contributed by atoms with Crippen LogP contribution in [0.2, 0.25) is 0 Å². The molecule has 2 N–H and O–H groups in total. The maximum Gasteiger partial charge on any atom is 0.265 e. The average Bonchev–Trinajstić information content (AvgIpc) is 2.62. The quantitative estimate of drug-likeness (QED) is 0.848. The van der Waals surface area contributed by atoms with E-state index in [1.807, 2.05) is 13.0 Å². The second kappa shape index (κ2) is 8.50. The van der Waals surface area contributed by atoms with Crippen molar-refractivity contribution in [3.8, 4) is 11.8 Å². The number of anilines is 1. The Bertz CT molecular complexity index is 794. The van der Waals surface area contributed by atoms with Gasteiger partial charge in [0.15, 0.2) is 6.10 Å². The van der Waals surface area contributed by atoms with Crippen LogP contribution in [0.15, 0.2) is 48.5 Å². The summed E-state index contributed by atoms with van der Waals surface area (Å²) in [6, 6.07) is 15.2. The Morgan fingerprint density at radius 3 is 2.56 bits per heavy atom. The molecule has 0 bridgehead atoms. The van der Waals surface area contributed by atoms with Crippen LogP contribution in [0.1, 0.15) is 29.8 Å². The lowest BCUT2D eigenvalue weighted by Crippen LogP contribution is -2.30. The number of rotatable bonds is 6. The minimum Gasteiger partial charge on any atom is -0.481 e. The topological polar surface area (TPSA) is 91.2 Å². The number of nitrogens with one attached hydrogen (secondary N) is 2. The smallest absolute Gasteiger partial charge is 0.265 e. The van der Waals surface area contributed by atoms with Gasteiger partial charge in [-0.3, -0.25) is 9.59 Å². The summed E-state index contributed by atoms with van der Waals surface area (Å²) in [6.45, 7) is 4.00. The van der Waals surface area contributed by atoms with Crippen LogP contribution >= 0.6 is 0 Å². The van der Waals surface area contributed by atoms with Gasteiger partial charge in [0.2, 0.25) is 0 Å². The fourth-order valence-electron chi connectivity index (χ4n) is 2.11. The normalized spacial score (nSPS) is 11.1. The van der Waals surface area contributed by atoms with Crippen molar-refractivity contribution >= 4 is 17.5 Å². The molecule has 0 fully saturated rings. The van der Waals surface area contributed by atoms with E-state index in [-0.39, 0.29) is 11.8 Å². The van der Waals surface area contributed by atoms with Crippen LogP contribution in [0.4, 0.5) is 5.69 Å². The molecule has 2 aromatic rings. The molecule has 0 saturated heterocycles. The Balaban J connectivity index is 1.99. The van der Waals surface area contributed by atoms with Crippen LogP contribution in [0.5, 0.6) is 5.75 Å². The maximum atomic E-state index is 12.3. The number of ether oxygens (including phenoxy) is 1. The zero-order valence-electron chi connectivity index (χ0n) is 14.1. The van der Waals surface area contributed by atoms with E-state index in [2.05, 4.69) is 10.6 Å². The van der Waals surface area contributed by atoms with Gasteiger partial charge in [-0.2, -0.15) is 5.26 Å². The predicted octanol–water partition coefficient (Wildman–Crippen LogP) is 2.71. The van der Waals surface area contributed by atoms with E-state index in [1.54, 1.807) is 55.5 Å². The molecule has 0 heterocycles. The third-order valence-electron chi connectivity index (χ3n) is 3.40. The van der Waals surface area contributed by atoms with Crippen LogP contribution in [0, 0.1) is 11.3 Å². The number of hydrogen-bond donors (Lipinski definition) is 2. The van der Waals surface area contributed by atoms with Crippen LogP contribution in [0.3, 0.4) is 0 Å². The van der Waals surface area contributed by atoms with Crippen molar-refractivity contribution in [1.82, 2.24) is 5.32 Å². The number of carbonyl (C=O) groups excluding carboxylic acids is 2. The zero-order valence-corrected chi connectivity index (χ0v) is 14.1. The molecule has 128 valence electrons. The molecule has 0 spiro atoms. The number of nitriles is 1. The number of benzene rings is 2. The van der Waals surface area contributed by atoms with Gasteiger partial charge < -0.3 is 15.4 Å². The summed E-state index contributed by atoms with van der Waals surface area (Å²) in [5.74, 6) is -0.0318. The van der Waals surface area contributed by atoms with E-state index in [0.717, 1.165) is 0 Å². The summed E-state index contributed by atoms with van der Waals surface area (Å²) in [7, 11) is 0. The highest BCUT2D eigenvalue weighted by Crippen LogP contribution is 2.15. The van der Waals surface area contributed by atoms with Gasteiger partial charge in [-0.25, -0.2) is 0 Å². The zero-order chi connectivity index (χ0) is 18.2. The van der Waals surface area contributed by atoms with Crippen LogP contribution < -0.4 is 15.4 Å². The molecule has 0 aliphatic rings. The molecule has 1 atom stereocenters. The van der Waals surface area contributed by atoms with Crippen molar-refractivity contribution in [2.24, 2.45) is 0 Å². The fraction of sp³-hybridized carbons (Fsp3) is 0.211. The minimum atomic E-state index is -0.735. The average molecular weight is 337 g/mol. The molecule has 2 rings (SSSR count). The lowest BCUT2D eigenvalue weighted by molar-refractivity contribution is -0.122. The van der Waals surface area contributed by atoms with E-state index < -0.39 is 6.10 Å². The molecule has 6 nitrogen and oxygen atoms in total. The molecule has 0 aliphatic carbocycles. The Hall–Kier alpha value is -3.33. The predicted molar refractivity (Wildman–Crippen MR) is 94.3 cm³/mol. The first-order valence-electron chi connectivity index (χ1n) is 7.89. The summed E-state index contributed by atoms with van der Waals surface area (Å²) in [6.07, 6.45) is -0.735. The van der Waals surface area contributed by atoms with Gasteiger partial charge in [0, 0.05) is 17.8 Å². The largest absolute Gasteiger partial charge is 0.481 e. The first-order valence-corrected chi connectivity index (χ1v) is 7.89. The van der Waals surface area contributed by atoms with Crippen molar-refractivity contribution < 1.29 is 14.3 Å². The molecular formula is C19H19N3O3. The van der Waals surface area contributed by atoms with E-state index >= 15 is 0 Å². The molecule has 0 radical (unpaired) electrons. The number of nitrogens with zero attached hydrogens (tertiary/aromatic N) is 1. The summed E-state index contributed by atoms with van der Waals surface area (Å²) in [5.41, 5.74) is 1.51. The highest BCUT2D eigenvalue weighted by atomic mass is 16.5. The second-order valence-corrected chi connectivity index (χ2v) is 5.33. The molecule has 2 aromatic carbocycles. The van der Waals surface area contributed by atoms with Crippen LogP contribution in [0.25, 0.3) is 0 Å². The molecule has 6 heteroatoms. The Labute approximate surface area is 146 Å². The van der Waals surface area contributed by atoms with Gasteiger partial charge in [0.25, 0.3) is 11.8 Å². The number of hydrogen-bond acceptors (Lipinski definition) is 4. The van der Waals surface area contributed by atoms with Gasteiger partial charge in [-0.1, -0.05) is 6.07 Å².